The SMILES string of the molecule is O=P([O-])([O-])OC[C@H]1SC(O)[C@H](O)[C@@H](O)[C@@H]1O.[NH4+].[NH4+]. The molecule has 1 unspecified atom stereocenters. The zero-order valence-corrected chi connectivity index (χ0v) is 11.6. The molecule has 18 heavy (non-hydrogen) atoms. The molecule has 1 rings (SSSR count). The van der Waals surface area contributed by atoms with Crippen molar-refractivity contribution >= 4 is 19.6 Å². The van der Waals surface area contributed by atoms with Gasteiger partial charge in [-0.2, -0.15) is 0 Å². The van der Waals surface area contributed by atoms with E-state index in [1.165, 1.54) is 0 Å². The molecule has 12 heteroatoms. The Hall–Kier alpha value is 0.220. The average molecular weight is 310 g/mol. The second-order valence-electron chi connectivity index (χ2n) is 3.28. The van der Waals surface area contributed by atoms with Crippen molar-refractivity contribution in [2.45, 2.75) is 29.0 Å². The summed E-state index contributed by atoms with van der Waals surface area (Å²) in [5.41, 5.74) is -1.38. The predicted octanol–water partition coefficient (Wildman–Crippen LogP) is -2.90. The molecule has 0 aromatic heterocycles. The van der Waals surface area contributed by atoms with Crippen molar-refractivity contribution in [2.24, 2.45) is 0 Å². The molecule has 0 aliphatic carbocycles. The fourth-order valence-corrected chi connectivity index (χ4v) is 2.83. The van der Waals surface area contributed by atoms with Crippen LogP contribution in [0.25, 0.3) is 0 Å². The lowest BCUT2D eigenvalue weighted by Gasteiger charge is -2.39. The highest BCUT2D eigenvalue weighted by Crippen LogP contribution is 2.34. The topological polar surface area (TPSA) is 226 Å². The fourth-order valence-electron chi connectivity index (χ4n) is 1.23. The van der Waals surface area contributed by atoms with Crippen LogP contribution in [0.15, 0.2) is 0 Å². The number of aliphatic hydroxyl groups excluding tert-OH is 4. The Balaban J connectivity index is 0. The Kier molecular flexibility index (Phi) is 8.81. The summed E-state index contributed by atoms with van der Waals surface area (Å²) >= 11 is 0.619. The first-order valence-electron chi connectivity index (χ1n) is 4.26. The lowest BCUT2D eigenvalue weighted by molar-refractivity contribution is -0.341. The van der Waals surface area contributed by atoms with Crippen LogP contribution in [0, 0.1) is 0 Å². The number of quaternary nitrogens is 2. The van der Waals surface area contributed by atoms with Gasteiger partial charge in [0.25, 0.3) is 0 Å². The molecule has 5 atom stereocenters. The molecule has 1 aliphatic heterocycles. The highest BCUT2D eigenvalue weighted by atomic mass is 32.2. The first-order valence-corrected chi connectivity index (χ1v) is 6.67. The van der Waals surface area contributed by atoms with Gasteiger partial charge < -0.3 is 51.6 Å². The minimum Gasteiger partial charge on any atom is -0.790 e. The lowest BCUT2D eigenvalue weighted by Crippen LogP contribution is -2.54. The van der Waals surface area contributed by atoms with Gasteiger partial charge in [0.05, 0.1) is 25.8 Å². The predicted molar refractivity (Wildman–Crippen MR) is 60.9 cm³/mol. The van der Waals surface area contributed by atoms with Gasteiger partial charge in [-0.1, -0.05) is 0 Å². The number of thioether (sulfide) groups is 1. The summed E-state index contributed by atoms with van der Waals surface area (Å²) in [6.45, 7) is -0.670. The first-order chi connectivity index (χ1) is 7.22. The monoisotopic (exact) mass is 310 g/mol. The van der Waals surface area contributed by atoms with E-state index >= 15 is 0 Å². The van der Waals surface area contributed by atoms with Gasteiger partial charge in [-0.15, -0.1) is 11.8 Å². The van der Waals surface area contributed by atoms with E-state index in [2.05, 4.69) is 4.52 Å². The van der Waals surface area contributed by atoms with Crippen LogP contribution in [0.5, 0.6) is 0 Å². The largest absolute Gasteiger partial charge is 0.790 e. The third-order valence-electron chi connectivity index (χ3n) is 2.08. The highest BCUT2D eigenvalue weighted by Gasteiger charge is 2.42. The maximum absolute atomic E-state index is 10.2. The van der Waals surface area contributed by atoms with Crippen LogP contribution < -0.4 is 22.1 Å². The molecule has 0 aromatic carbocycles. The van der Waals surface area contributed by atoms with Crippen molar-refractivity contribution in [3.05, 3.63) is 0 Å². The number of phosphoric ester groups is 1. The minimum atomic E-state index is -5.16. The zero-order chi connectivity index (χ0) is 12.5. The molecular formula is C6H19N2O8PS. The smallest absolute Gasteiger partial charge is 0.128 e. The third-order valence-corrected chi connectivity index (χ3v) is 3.87. The number of aliphatic hydroxyl groups is 4. The summed E-state index contributed by atoms with van der Waals surface area (Å²) in [7, 11) is -5.16. The molecule has 1 fully saturated rings. The van der Waals surface area contributed by atoms with Gasteiger partial charge in [-0.05, 0) is 0 Å². The Labute approximate surface area is 107 Å². The van der Waals surface area contributed by atoms with Gasteiger partial charge >= 0.3 is 0 Å². The van der Waals surface area contributed by atoms with Crippen LogP contribution in [0.1, 0.15) is 0 Å². The van der Waals surface area contributed by atoms with Gasteiger partial charge in [-0.3, -0.25) is 0 Å². The minimum absolute atomic E-state index is 0. The molecule has 0 bridgehead atoms. The second-order valence-corrected chi connectivity index (χ2v) is 5.79. The van der Waals surface area contributed by atoms with Crippen molar-refractivity contribution in [3.8, 4) is 0 Å². The number of phosphoric acid groups is 1. The maximum Gasteiger partial charge on any atom is 0.128 e. The van der Waals surface area contributed by atoms with Gasteiger partial charge in [0.1, 0.15) is 17.6 Å². The summed E-state index contributed by atoms with van der Waals surface area (Å²) in [5, 5.41) is 36.0. The van der Waals surface area contributed by atoms with Crippen LogP contribution >= 0.6 is 19.6 Å². The van der Waals surface area contributed by atoms with E-state index in [1.54, 1.807) is 0 Å². The first kappa shape index (κ1) is 20.5. The van der Waals surface area contributed by atoms with Crippen LogP contribution in [-0.4, -0.2) is 56.0 Å². The number of hydrogen-bond donors (Lipinski definition) is 6. The molecule has 1 aliphatic rings. The summed E-state index contributed by atoms with van der Waals surface area (Å²) in [4.78, 5) is 20.4. The van der Waals surface area contributed by atoms with Crippen molar-refractivity contribution in [1.29, 1.82) is 0 Å². The average Bonchev–Trinajstić information content (AvgIpc) is 2.17. The van der Waals surface area contributed by atoms with Gasteiger partial charge in [0.2, 0.25) is 0 Å². The maximum atomic E-state index is 10.2. The van der Waals surface area contributed by atoms with Crippen LogP contribution in [0.3, 0.4) is 0 Å². The van der Waals surface area contributed by atoms with E-state index in [0.717, 1.165) is 0 Å². The van der Waals surface area contributed by atoms with E-state index in [9.17, 15) is 29.7 Å². The second kappa shape index (κ2) is 7.72. The van der Waals surface area contributed by atoms with Crippen LogP contribution in [0.4, 0.5) is 0 Å². The fraction of sp³-hybridized carbons (Fsp3) is 1.00. The summed E-state index contributed by atoms with van der Waals surface area (Å²) < 4.78 is 14.1. The van der Waals surface area contributed by atoms with E-state index in [0.29, 0.717) is 11.8 Å². The number of hydrogen-bond acceptors (Lipinski definition) is 9. The van der Waals surface area contributed by atoms with Gasteiger partial charge in [-0.25, -0.2) is 0 Å². The van der Waals surface area contributed by atoms with Crippen LogP contribution in [-0.2, 0) is 9.09 Å². The molecule has 0 radical (unpaired) electrons. The van der Waals surface area contributed by atoms with E-state index in [-0.39, 0.29) is 12.3 Å². The highest BCUT2D eigenvalue weighted by molar-refractivity contribution is 8.00. The molecule has 112 valence electrons. The quantitative estimate of drug-likeness (QED) is 0.293. The Bertz CT molecular complexity index is 291. The Morgan fingerprint density at radius 2 is 1.56 bits per heavy atom. The van der Waals surface area contributed by atoms with Crippen molar-refractivity contribution in [2.75, 3.05) is 6.61 Å². The molecule has 0 aromatic rings. The standard InChI is InChI=1S/C6H13O8PS.2H3N/c7-3-2(1-14-15(11,12)13)16-6(10)5(9)4(3)8;;/h2-10H,1H2,(H2,11,12,13);2*1H3/t2-,3-,4+,5-,6?;;/m1../s1. The molecule has 12 N–H and O–H groups in total. The Morgan fingerprint density at radius 3 is 2.00 bits per heavy atom. The van der Waals surface area contributed by atoms with Gasteiger partial charge in [0.15, 0.2) is 0 Å². The van der Waals surface area contributed by atoms with Crippen molar-refractivity contribution in [1.82, 2.24) is 12.3 Å². The molecule has 0 spiro atoms. The summed E-state index contributed by atoms with van der Waals surface area (Å²) in [6, 6.07) is 0. The van der Waals surface area contributed by atoms with Gasteiger partial charge in [0, 0.05) is 0 Å². The molecule has 0 saturated carbocycles. The Morgan fingerprint density at radius 1 is 1.06 bits per heavy atom. The normalized spacial score (nSPS) is 36.4. The number of rotatable bonds is 3. The third kappa shape index (κ3) is 5.47. The molecule has 0 amide bonds. The van der Waals surface area contributed by atoms with E-state index in [1.807, 2.05) is 0 Å². The lowest BCUT2D eigenvalue weighted by atomic mass is 10.0. The molecule has 1 heterocycles. The molecular weight excluding hydrogens is 291 g/mol. The van der Waals surface area contributed by atoms with E-state index in [4.69, 9.17) is 5.11 Å². The molecule has 1 saturated heterocycles. The van der Waals surface area contributed by atoms with Crippen LogP contribution in [0.2, 0.25) is 0 Å². The van der Waals surface area contributed by atoms with E-state index < -0.39 is 43.4 Å². The summed E-state index contributed by atoms with van der Waals surface area (Å²) in [5.74, 6) is 0. The zero-order valence-electron chi connectivity index (χ0n) is 9.87. The van der Waals surface area contributed by atoms with Crippen molar-refractivity contribution < 1.29 is 39.3 Å². The molecule has 10 nitrogen and oxygen atoms in total. The van der Waals surface area contributed by atoms with Crippen molar-refractivity contribution in [3.63, 3.8) is 0 Å². The summed E-state index contributed by atoms with van der Waals surface area (Å²) in [6.07, 6.45) is -4.65.